The van der Waals surface area contributed by atoms with Gasteiger partial charge < -0.3 is 9.80 Å². The fourth-order valence-corrected chi connectivity index (χ4v) is 3.74. The first-order valence-electron chi connectivity index (χ1n) is 8.47. The molecule has 2 fully saturated rings. The highest BCUT2D eigenvalue weighted by Gasteiger charge is 2.42. The van der Waals surface area contributed by atoms with Gasteiger partial charge in [0, 0.05) is 56.0 Å². The topological polar surface area (TPSA) is 78.0 Å². The summed E-state index contributed by atoms with van der Waals surface area (Å²) in [6.45, 7) is 7.80. The van der Waals surface area contributed by atoms with Gasteiger partial charge in [0.15, 0.2) is 0 Å². The van der Waals surface area contributed by atoms with Crippen LogP contribution < -0.4 is 4.90 Å². The first kappa shape index (κ1) is 15.1. The van der Waals surface area contributed by atoms with Gasteiger partial charge in [-0.15, -0.1) is 0 Å². The van der Waals surface area contributed by atoms with E-state index < -0.39 is 0 Å². The van der Waals surface area contributed by atoms with Crippen LogP contribution in [0.4, 0.5) is 5.82 Å². The quantitative estimate of drug-likeness (QED) is 0.925. The number of aromatic amines is 1. The van der Waals surface area contributed by atoms with Crippen molar-refractivity contribution in [2.75, 3.05) is 31.1 Å². The average molecular weight is 326 g/mol. The summed E-state index contributed by atoms with van der Waals surface area (Å²) in [6, 6.07) is 3.83. The Morgan fingerprint density at radius 1 is 1.21 bits per heavy atom. The van der Waals surface area contributed by atoms with E-state index in [0.717, 1.165) is 37.7 Å². The van der Waals surface area contributed by atoms with Crippen molar-refractivity contribution in [2.45, 2.75) is 19.8 Å². The van der Waals surface area contributed by atoms with Crippen LogP contribution in [0.2, 0.25) is 0 Å². The summed E-state index contributed by atoms with van der Waals surface area (Å²) in [7, 11) is 0. The molecule has 2 unspecified atom stereocenters. The van der Waals surface area contributed by atoms with Crippen molar-refractivity contribution in [2.24, 2.45) is 11.8 Å². The van der Waals surface area contributed by atoms with E-state index in [1.54, 1.807) is 18.6 Å². The molecule has 7 heteroatoms. The Balaban J connectivity index is 1.43. The van der Waals surface area contributed by atoms with E-state index >= 15 is 0 Å². The van der Waals surface area contributed by atoms with Gasteiger partial charge in [-0.05, 0) is 12.0 Å². The van der Waals surface area contributed by atoms with Crippen molar-refractivity contribution in [3.05, 3.63) is 36.0 Å². The van der Waals surface area contributed by atoms with Crippen molar-refractivity contribution < 1.29 is 4.79 Å². The van der Waals surface area contributed by atoms with Crippen LogP contribution in [0, 0.1) is 11.8 Å². The number of hydrogen-bond acceptors (Lipinski definition) is 5. The largest absolute Gasteiger partial charge is 0.356 e. The van der Waals surface area contributed by atoms with E-state index in [0.29, 0.717) is 23.4 Å². The van der Waals surface area contributed by atoms with Crippen molar-refractivity contribution in [3.8, 4) is 0 Å². The molecule has 4 heterocycles. The number of likely N-dealkylation sites (tertiary alicyclic amines) is 1. The standard InChI is InChI=1S/C17H22N6O/c1-11(2)15-5-16(19-10-18-15)22-6-12-8-23(9-13(12)7-22)17(24)14-3-4-20-21-14/h3-5,10-13H,6-9H2,1-2H3,(H,20,21). The maximum absolute atomic E-state index is 12.4. The van der Waals surface area contributed by atoms with Gasteiger partial charge in [0.25, 0.3) is 5.91 Å². The van der Waals surface area contributed by atoms with Crippen LogP contribution in [-0.2, 0) is 0 Å². The van der Waals surface area contributed by atoms with E-state index in [-0.39, 0.29) is 5.91 Å². The van der Waals surface area contributed by atoms with Crippen molar-refractivity contribution in [1.29, 1.82) is 0 Å². The molecule has 24 heavy (non-hydrogen) atoms. The molecule has 4 rings (SSSR count). The molecule has 0 spiro atoms. The van der Waals surface area contributed by atoms with E-state index in [4.69, 9.17) is 0 Å². The van der Waals surface area contributed by atoms with Gasteiger partial charge in [0.2, 0.25) is 0 Å². The van der Waals surface area contributed by atoms with Crippen molar-refractivity contribution in [1.82, 2.24) is 25.1 Å². The highest BCUT2D eigenvalue weighted by atomic mass is 16.2. The van der Waals surface area contributed by atoms with Crippen LogP contribution in [0.15, 0.2) is 24.7 Å². The molecule has 1 N–H and O–H groups in total. The second kappa shape index (κ2) is 5.89. The lowest BCUT2D eigenvalue weighted by Crippen LogP contribution is -2.33. The molecular formula is C17H22N6O. The smallest absolute Gasteiger partial charge is 0.271 e. The maximum Gasteiger partial charge on any atom is 0.271 e. The third-order valence-corrected chi connectivity index (χ3v) is 5.09. The molecule has 2 aromatic heterocycles. The number of fused-ring (bicyclic) bond motifs is 1. The van der Waals surface area contributed by atoms with E-state index in [1.807, 2.05) is 4.90 Å². The van der Waals surface area contributed by atoms with Crippen molar-refractivity contribution in [3.63, 3.8) is 0 Å². The van der Waals surface area contributed by atoms with Gasteiger partial charge in [0.1, 0.15) is 17.8 Å². The van der Waals surface area contributed by atoms with Crippen LogP contribution in [0.1, 0.15) is 35.9 Å². The van der Waals surface area contributed by atoms with Gasteiger partial charge in [-0.1, -0.05) is 13.8 Å². The van der Waals surface area contributed by atoms with Crippen LogP contribution >= 0.6 is 0 Å². The summed E-state index contributed by atoms with van der Waals surface area (Å²) in [6.07, 6.45) is 3.28. The molecule has 0 saturated carbocycles. The lowest BCUT2D eigenvalue weighted by molar-refractivity contribution is 0.0776. The minimum atomic E-state index is 0.0533. The Labute approximate surface area is 141 Å². The molecule has 2 atom stereocenters. The third kappa shape index (κ3) is 2.64. The predicted molar refractivity (Wildman–Crippen MR) is 89.8 cm³/mol. The van der Waals surface area contributed by atoms with Crippen LogP contribution in [0.5, 0.6) is 0 Å². The zero-order valence-corrected chi connectivity index (χ0v) is 14.0. The summed E-state index contributed by atoms with van der Waals surface area (Å²) < 4.78 is 0. The average Bonchev–Trinajstić information content (AvgIpc) is 3.30. The number of rotatable bonds is 3. The summed E-state index contributed by atoms with van der Waals surface area (Å²) >= 11 is 0. The molecule has 1 amide bonds. The molecule has 2 aromatic rings. The molecule has 0 bridgehead atoms. The van der Waals surface area contributed by atoms with Gasteiger partial charge in [-0.25, -0.2) is 9.97 Å². The Bertz CT molecular complexity index is 714. The Hall–Kier alpha value is -2.44. The molecule has 0 aliphatic carbocycles. The first-order valence-corrected chi connectivity index (χ1v) is 8.47. The lowest BCUT2D eigenvalue weighted by Gasteiger charge is -2.22. The summed E-state index contributed by atoms with van der Waals surface area (Å²) in [5, 5.41) is 6.63. The van der Waals surface area contributed by atoms with Gasteiger partial charge in [0.05, 0.1) is 0 Å². The number of nitrogens with one attached hydrogen (secondary N) is 1. The molecule has 126 valence electrons. The van der Waals surface area contributed by atoms with Crippen LogP contribution in [-0.4, -0.2) is 57.2 Å². The zero-order chi connectivity index (χ0) is 16.7. The normalized spacial score (nSPS) is 23.1. The van der Waals surface area contributed by atoms with Crippen molar-refractivity contribution >= 4 is 11.7 Å². The van der Waals surface area contributed by atoms with E-state index in [9.17, 15) is 4.79 Å². The molecule has 2 saturated heterocycles. The van der Waals surface area contributed by atoms with Gasteiger partial charge in [-0.2, -0.15) is 5.10 Å². The molecule has 0 aromatic carbocycles. The number of aromatic nitrogens is 4. The third-order valence-electron chi connectivity index (χ3n) is 5.09. The second-order valence-electron chi connectivity index (χ2n) is 7.06. The number of carbonyl (C=O) groups is 1. The Morgan fingerprint density at radius 2 is 1.96 bits per heavy atom. The number of anilines is 1. The minimum Gasteiger partial charge on any atom is -0.356 e. The number of nitrogens with zero attached hydrogens (tertiary/aromatic N) is 5. The highest BCUT2D eigenvalue weighted by Crippen LogP contribution is 2.34. The number of H-pyrrole nitrogens is 1. The monoisotopic (exact) mass is 326 g/mol. The minimum absolute atomic E-state index is 0.0533. The lowest BCUT2D eigenvalue weighted by atomic mass is 10.0. The fraction of sp³-hybridized carbons (Fsp3) is 0.529. The van der Waals surface area contributed by atoms with Crippen LogP contribution in [0.3, 0.4) is 0 Å². The first-order chi connectivity index (χ1) is 11.6. The molecular weight excluding hydrogens is 304 g/mol. The molecule has 2 aliphatic rings. The van der Waals surface area contributed by atoms with Gasteiger partial charge >= 0.3 is 0 Å². The maximum atomic E-state index is 12.4. The number of carbonyl (C=O) groups excluding carboxylic acids is 1. The van der Waals surface area contributed by atoms with E-state index in [1.165, 1.54) is 0 Å². The molecule has 7 nitrogen and oxygen atoms in total. The predicted octanol–water partition coefficient (Wildman–Crippen LogP) is 1.53. The van der Waals surface area contributed by atoms with E-state index in [2.05, 4.69) is 45.0 Å². The number of amides is 1. The summed E-state index contributed by atoms with van der Waals surface area (Å²) in [5.74, 6) is 2.48. The Morgan fingerprint density at radius 3 is 2.58 bits per heavy atom. The zero-order valence-electron chi connectivity index (χ0n) is 14.0. The number of hydrogen-bond donors (Lipinski definition) is 1. The SMILES string of the molecule is CC(C)c1cc(N2CC3CN(C(=O)c4ccn[nH]4)CC3C2)ncn1. The molecule has 2 aliphatic heterocycles. The molecule has 0 radical (unpaired) electrons. The summed E-state index contributed by atoms with van der Waals surface area (Å²) in [5.41, 5.74) is 1.65. The Kier molecular flexibility index (Phi) is 3.70. The second-order valence-corrected chi connectivity index (χ2v) is 7.06. The van der Waals surface area contributed by atoms with Gasteiger partial charge in [-0.3, -0.25) is 9.89 Å². The van der Waals surface area contributed by atoms with Crippen LogP contribution in [0.25, 0.3) is 0 Å². The summed E-state index contributed by atoms with van der Waals surface area (Å²) in [4.78, 5) is 25.5. The fourth-order valence-electron chi connectivity index (χ4n) is 3.74. The highest BCUT2D eigenvalue weighted by molar-refractivity contribution is 5.92.